The molecule has 0 fully saturated rings. The summed E-state index contributed by atoms with van der Waals surface area (Å²) in [5.74, 6) is 2.48. The van der Waals surface area contributed by atoms with Crippen molar-refractivity contribution in [1.29, 1.82) is 0 Å². The lowest BCUT2D eigenvalue weighted by Gasteiger charge is -2.26. The molecule has 1 aliphatic rings. The van der Waals surface area contributed by atoms with Crippen LogP contribution < -0.4 is 24.4 Å². The zero-order valence-electron chi connectivity index (χ0n) is 17.5. The third-order valence-electron chi connectivity index (χ3n) is 5.11. The van der Waals surface area contributed by atoms with Gasteiger partial charge in [-0.25, -0.2) is 0 Å². The molecule has 2 N–H and O–H groups in total. The average Bonchev–Trinajstić information content (AvgIpc) is 2.73. The predicted octanol–water partition coefficient (Wildman–Crippen LogP) is 1.75. The second kappa shape index (κ2) is 10.2. The molecular weight excluding hydrogens is 368 g/mol. The first-order chi connectivity index (χ1) is 14.1. The van der Waals surface area contributed by atoms with E-state index in [1.165, 1.54) is 16.0 Å². The Morgan fingerprint density at radius 1 is 1.03 bits per heavy atom. The van der Waals surface area contributed by atoms with Gasteiger partial charge >= 0.3 is 0 Å². The van der Waals surface area contributed by atoms with E-state index < -0.39 is 0 Å². The highest BCUT2D eigenvalue weighted by atomic mass is 16.5. The Morgan fingerprint density at radius 3 is 2.31 bits per heavy atom. The average molecular weight is 400 g/mol. The van der Waals surface area contributed by atoms with Gasteiger partial charge in [0.2, 0.25) is 0 Å². The SMILES string of the molecule is CCOc1cc2c(cc1OCC)C[NH+](CC(=O)NCc1ccc(OC)cc1)CC2. The van der Waals surface area contributed by atoms with Crippen LogP contribution in [0, 0.1) is 0 Å². The number of carbonyl (C=O) groups excluding carboxylic acids is 1. The highest BCUT2D eigenvalue weighted by Gasteiger charge is 2.24. The van der Waals surface area contributed by atoms with Gasteiger partial charge in [0.1, 0.15) is 12.3 Å². The Kier molecular flexibility index (Phi) is 7.36. The summed E-state index contributed by atoms with van der Waals surface area (Å²) in [6.45, 7) is 7.91. The molecule has 29 heavy (non-hydrogen) atoms. The molecule has 1 amide bonds. The molecule has 1 aliphatic heterocycles. The van der Waals surface area contributed by atoms with Gasteiger partial charge in [0.15, 0.2) is 18.0 Å². The molecule has 0 saturated carbocycles. The molecule has 1 unspecified atom stereocenters. The monoisotopic (exact) mass is 399 g/mol. The molecule has 2 aromatic rings. The largest absolute Gasteiger partial charge is 0.497 e. The maximum Gasteiger partial charge on any atom is 0.275 e. The minimum Gasteiger partial charge on any atom is -0.497 e. The minimum atomic E-state index is 0.0650. The van der Waals surface area contributed by atoms with Crippen molar-refractivity contribution in [1.82, 2.24) is 5.32 Å². The van der Waals surface area contributed by atoms with Crippen LogP contribution in [0.25, 0.3) is 0 Å². The molecular formula is C23H31N2O4+. The summed E-state index contributed by atoms with van der Waals surface area (Å²) < 4.78 is 16.6. The number of quaternary nitrogens is 1. The fourth-order valence-corrected chi connectivity index (χ4v) is 3.63. The van der Waals surface area contributed by atoms with E-state index >= 15 is 0 Å². The van der Waals surface area contributed by atoms with Gasteiger partial charge in [-0.05, 0) is 49.2 Å². The number of ether oxygens (including phenoxy) is 3. The number of nitrogens with one attached hydrogen (secondary N) is 2. The van der Waals surface area contributed by atoms with Crippen LogP contribution in [0.1, 0.15) is 30.5 Å². The molecule has 0 bridgehead atoms. The highest BCUT2D eigenvalue weighted by Crippen LogP contribution is 2.32. The summed E-state index contributed by atoms with van der Waals surface area (Å²) in [4.78, 5) is 13.7. The van der Waals surface area contributed by atoms with Gasteiger partial charge in [-0.15, -0.1) is 0 Å². The van der Waals surface area contributed by atoms with Crippen LogP contribution in [0.3, 0.4) is 0 Å². The van der Waals surface area contributed by atoms with E-state index in [1.807, 2.05) is 38.1 Å². The summed E-state index contributed by atoms with van der Waals surface area (Å²) in [5, 5.41) is 3.02. The van der Waals surface area contributed by atoms with Crippen LogP contribution in [-0.2, 0) is 24.3 Å². The predicted molar refractivity (Wildman–Crippen MR) is 112 cm³/mol. The zero-order valence-corrected chi connectivity index (χ0v) is 17.5. The standard InChI is InChI=1S/C23H30N2O4/c1-4-28-21-12-18-10-11-25(15-19(18)13-22(21)29-5-2)16-23(26)24-14-17-6-8-20(27-3)9-7-17/h6-9,12-13H,4-5,10-11,14-16H2,1-3H3,(H,24,26)/p+1. The van der Waals surface area contributed by atoms with Crippen molar-refractivity contribution in [2.24, 2.45) is 0 Å². The first-order valence-electron chi connectivity index (χ1n) is 10.3. The van der Waals surface area contributed by atoms with Crippen molar-refractivity contribution in [2.75, 3.05) is 33.4 Å². The molecule has 1 heterocycles. The van der Waals surface area contributed by atoms with Crippen molar-refractivity contribution < 1.29 is 23.9 Å². The molecule has 0 aliphatic carbocycles. The van der Waals surface area contributed by atoms with E-state index in [0.29, 0.717) is 26.3 Å². The fourth-order valence-electron chi connectivity index (χ4n) is 3.63. The Hall–Kier alpha value is -2.73. The lowest BCUT2D eigenvalue weighted by atomic mass is 9.98. The summed E-state index contributed by atoms with van der Waals surface area (Å²) >= 11 is 0. The Bertz CT molecular complexity index is 820. The first-order valence-corrected chi connectivity index (χ1v) is 10.3. The molecule has 0 spiro atoms. The normalized spacial score (nSPS) is 15.3. The smallest absolute Gasteiger partial charge is 0.275 e. The molecule has 2 aromatic carbocycles. The van der Waals surface area contributed by atoms with Crippen LogP contribution >= 0.6 is 0 Å². The van der Waals surface area contributed by atoms with Gasteiger partial charge in [-0.1, -0.05) is 12.1 Å². The Balaban J connectivity index is 1.56. The van der Waals surface area contributed by atoms with Gasteiger partial charge in [0.05, 0.1) is 26.9 Å². The lowest BCUT2D eigenvalue weighted by Crippen LogP contribution is -3.12. The van der Waals surface area contributed by atoms with E-state index in [2.05, 4.69) is 17.4 Å². The molecule has 0 saturated heterocycles. The van der Waals surface area contributed by atoms with E-state index in [-0.39, 0.29) is 5.91 Å². The third-order valence-corrected chi connectivity index (χ3v) is 5.11. The number of hydrogen-bond acceptors (Lipinski definition) is 4. The number of fused-ring (bicyclic) bond motifs is 1. The molecule has 1 atom stereocenters. The summed E-state index contributed by atoms with van der Waals surface area (Å²) in [6, 6.07) is 11.9. The Morgan fingerprint density at radius 2 is 1.69 bits per heavy atom. The number of benzene rings is 2. The summed E-state index contributed by atoms with van der Waals surface area (Å²) in [5.41, 5.74) is 3.59. The minimum absolute atomic E-state index is 0.0650. The number of amides is 1. The van der Waals surface area contributed by atoms with Crippen LogP contribution in [-0.4, -0.2) is 39.3 Å². The van der Waals surface area contributed by atoms with Crippen LogP contribution in [0.5, 0.6) is 17.2 Å². The van der Waals surface area contributed by atoms with Gasteiger partial charge in [-0.2, -0.15) is 0 Å². The number of rotatable bonds is 9. The van der Waals surface area contributed by atoms with Gasteiger partial charge in [0.25, 0.3) is 5.91 Å². The molecule has 0 radical (unpaired) electrons. The zero-order chi connectivity index (χ0) is 20.6. The molecule has 3 rings (SSSR count). The van der Waals surface area contributed by atoms with Crippen LogP contribution in [0.15, 0.2) is 36.4 Å². The Labute approximate surface area is 172 Å². The third kappa shape index (κ3) is 5.64. The van der Waals surface area contributed by atoms with Crippen molar-refractivity contribution in [3.05, 3.63) is 53.1 Å². The van der Waals surface area contributed by atoms with E-state index in [4.69, 9.17) is 14.2 Å². The van der Waals surface area contributed by atoms with Crippen molar-refractivity contribution >= 4 is 5.91 Å². The maximum absolute atomic E-state index is 12.4. The quantitative estimate of drug-likeness (QED) is 0.675. The van der Waals surface area contributed by atoms with E-state index in [1.54, 1.807) is 7.11 Å². The van der Waals surface area contributed by atoms with Gasteiger partial charge in [0, 0.05) is 18.5 Å². The second-order valence-electron chi connectivity index (χ2n) is 7.16. The van der Waals surface area contributed by atoms with Crippen molar-refractivity contribution in [2.45, 2.75) is 33.4 Å². The van der Waals surface area contributed by atoms with E-state index in [0.717, 1.165) is 42.3 Å². The van der Waals surface area contributed by atoms with Crippen LogP contribution in [0.2, 0.25) is 0 Å². The van der Waals surface area contributed by atoms with Crippen molar-refractivity contribution in [3.8, 4) is 17.2 Å². The van der Waals surface area contributed by atoms with Crippen molar-refractivity contribution in [3.63, 3.8) is 0 Å². The van der Waals surface area contributed by atoms with Gasteiger partial charge < -0.3 is 24.4 Å². The highest BCUT2D eigenvalue weighted by molar-refractivity contribution is 5.76. The molecule has 6 nitrogen and oxygen atoms in total. The first kappa shape index (κ1) is 21.0. The topological polar surface area (TPSA) is 61.2 Å². The van der Waals surface area contributed by atoms with Crippen LogP contribution in [0.4, 0.5) is 0 Å². The van der Waals surface area contributed by atoms with E-state index in [9.17, 15) is 4.79 Å². The molecule has 156 valence electrons. The molecule has 6 heteroatoms. The number of hydrogen-bond donors (Lipinski definition) is 2. The number of carbonyl (C=O) groups is 1. The summed E-state index contributed by atoms with van der Waals surface area (Å²) in [7, 11) is 1.64. The van der Waals surface area contributed by atoms with Gasteiger partial charge in [-0.3, -0.25) is 4.79 Å². The second-order valence-corrected chi connectivity index (χ2v) is 7.16. The summed E-state index contributed by atoms with van der Waals surface area (Å²) in [6.07, 6.45) is 0.933. The number of methoxy groups -OCH3 is 1. The fraction of sp³-hybridized carbons (Fsp3) is 0.435. The molecule has 0 aromatic heterocycles. The maximum atomic E-state index is 12.4. The lowest BCUT2D eigenvalue weighted by molar-refractivity contribution is -0.908.